The van der Waals surface area contributed by atoms with Crippen LogP contribution in [-0.2, 0) is 11.2 Å². The van der Waals surface area contributed by atoms with Crippen LogP contribution in [0.15, 0.2) is 39.9 Å². The molecule has 174 valence electrons. The highest BCUT2D eigenvalue weighted by Gasteiger charge is 2.39. The van der Waals surface area contributed by atoms with Crippen LogP contribution in [0.3, 0.4) is 0 Å². The van der Waals surface area contributed by atoms with Crippen LogP contribution in [0.25, 0.3) is 0 Å². The second-order valence-corrected chi connectivity index (χ2v) is 10.5. The highest BCUT2D eigenvalue weighted by atomic mass is 32.2. The predicted octanol–water partition coefficient (Wildman–Crippen LogP) is 7.13. The molecule has 32 heavy (non-hydrogen) atoms. The number of carbonyl (C=O) groups is 1. The number of benzene rings is 1. The van der Waals surface area contributed by atoms with E-state index >= 15 is 0 Å². The number of amides is 1. The summed E-state index contributed by atoms with van der Waals surface area (Å²) >= 11 is 1.58. The molecular formula is C27H39N3OS. The first-order valence-corrected chi connectivity index (χ1v) is 13.7. The summed E-state index contributed by atoms with van der Waals surface area (Å²) in [6.07, 6.45) is 16.7. The summed E-state index contributed by atoms with van der Waals surface area (Å²) in [5.74, 6) is 0.563. The van der Waals surface area contributed by atoms with Crippen molar-refractivity contribution in [3.8, 4) is 0 Å². The normalized spacial score (nSPS) is 18.4. The fourth-order valence-electron chi connectivity index (χ4n) is 4.82. The molecule has 0 aromatic heterocycles. The molecule has 1 N–H and O–H groups in total. The smallest absolute Gasteiger partial charge is 0.264 e. The van der Waals surface area contributed by atoms with Gasteiger partial charge in [0.15, 0.2) is 5.17 Å². The molecule has 0 bridgehead atoms. The monoisotopic (exact) mass is 453 g/mol. The van der Waals surface area contributed by atoms with Gasteiger partial charge >= 0.3 is 0 Å². The molecule has 0 radical (unpaired) electrons. The van der Waals surface area contributed by atoms with E-state index in [1.165, 1.54) is 81.9 Å². The number of carbonyl (C=O) groups excluding carboxylic acids is 1. The van der Waals surface area contributed by atoms with Crippen LogP contribution >= 0.6 is 11.8 Å². The number of hydrogen-bond donors (Lipinski definition) is 1. The lowest BCUT2D eigenvalue weighted by Gasteiger charge is -2.34. The predicted molar refractivity (Wildman–Crippen MR) is 137 cm³/mol. The molecule has 0 spiro atoms. The molecule has 3 aliphatic rings. The molecule has 1 amide bonds. The lowest BCUT2D eigenvalue weighted by atomic mass is 9.82. The van der Waals surface area contributed by atoms with Gasteiger partial charge in [-0.25, -0.2) is 0 Å². The van der Waals surface area contributed by atoms with Crippen LogP contribution in [0.5, 0.6) is 0 Å². The zero-order valence-electron chi connectivity index (χ0n) is 19.7. The third-order valence-electron chi connectivity index (χ3n) is 6.96. The first-order chi connectivity index (χ1) is 15.8. The molecule has 1 aromatic carbocycles. The van der Waals surface area contributed by atoms with E-state index in [9.17, 15) is 4.79 Å². The molecule has 2 heterocycles. The third-order valence-corrected chi connectivity index (χ3v) is 8.09. The van der Waals surface area contributed by atoms with Crippen LogP contribution < -0.4 is 5.32 Å². The Labute approximate surface area is 198 Å². The number of hydrogen-bond acceptors (Lipinski definition) is 4. The SMILES string of the molecule is CCCCCCCCCCc1ccc(NC(=O)C2=C(C3CCC3)N3CCCN=C3S2)cc1. The Bertz CT molecular complexity index is 826. The summed E-state index contributed by atoms with van der Waals surface area (Å²) in [6.45, 7) is 4.15. The standard InChI is InChI=1S/C27H39N3OS/c1-2-3-4-5-6-7-8-9-12-21-15-17-23(18-16-21)29-26(31)25-24(22-13-10-14-22)30-20-11-19-28-27(30)32-25/h15-18,22H,2-14,19-20H2,1H3,(H,29,31). The number of anilines is 1. The Kier molecular flexibility index (Phi) is 8.72. The largest absolute Gasteiger partial charge is 0.323 e. The van der Waals surface area contributed by atoms with E-state index in [1.807, 2.05) is 0 Å². The fraction of sp³-hybridized carbons (Fsp3) is 0.630. The number of rotatable bonds is 12. The number of unbranched alkanes of at least 4 members (excludes halogenated alkanes) is 7. The van der Waals surface area contributed by atoms with E-state index in [1.54, 1.807) is 11.8 Å². The first kappa shape index (κ1) is 23.4. The summed E-state index contributed by atoms with van der Waals surface area (Å²) in [6, 6.07) is 8.47. The summed E-state index contributed by atoms with van der Waals surface area (Å²) in [7, 11) is 0. The molecule has 5 heteroatoms. The minimum absolute atomic E-state index is 0.0322. The second-order valence-electron chi connectivity index (χ2n) is 9.49. The van der Waals surface area contributed by atoms with Crippen molar-refractivity contribution >= 4 is 28.5 Å². The number of aryl methyl sites for hydroxylation is 1. The van der Waals surface area contributed by atoms with Gasteiger partial charge in [-0.3, -0.25) is 9.79 Å². The van der Waals surface area contributed by atoms with Gasteiger partial charge in [0.05, 0.1) is 0 Å². The number of thioether (sulfide) groups is 1. The Morgan fingerprint density at radius 1 is 1.03 bits per heavy atom. The van der Waals surface area contributed by atoms with Gasteiger partial charge in [0.25, 0.3) is 5.91 Å². The molecule has 1 aromatic rings. The van der Waals surface area contributed by atoms with Crippen LogP contribution in [0.2, 0.25) is 0 Å². The maximum absolute atomic E-state index is 13.2. The van der Waals surface area contributed by atoms with Crippen LogP contribution in [0, 0.1) is 5.92 Å². The van der Waals surface area contributed by atoms with Crippen molar-refractivity contribution < 1.29 is 4.79 Å². The van der Waals surface area contributed by atoms with Crippen molar-refractivity contribution in [1.82, 2.24) is 4.90 Å². The highest BCUT2D eigenvalue weighted by Crippen LogP contribution is 2.46. The molecule has 1 aliphatic carbocycles. The van der Waals surface area contributed by atoms with E-state index in [4.69, 9.17) is 0 Å². The van der Waals surface area contributed by atoms with Gasteiger partial charge in [-0.1, -0.05) is 70.4 Å². The number of nitrogens with zero attached hydrogens (tertiary/aromatic N) is 2. The summed E-state index contributed by atoms with van der Waals surface area (Å²) < 4.78 is 0. The van der Waals surface area contributed by atoms with Crippen molar-refractivity contribution in [2.24, 2.45) is 10.9 Å². The van der Waals surface area contributed by atoms with Crippen molar-refractivity contribution in [1.29, 1.82) is 0 Å². The summed E-state index contributed by atoms with van der Waals surface area (Å²) in [5, 5.41) is 4.19. The van der Waals surface area contributed by atoms with E-state index in [0.29, 0.717) is 5.92 Å². The molecule has 2 aliphatic heterocycles. The fourth-order valence-corrected chi connectivity index (χ4v) is 5.98. The third kappa shape index (κ3) is 5.98. The van der Waals surface area contributed by atoms with Gasteiger partial charge in [0.1, 0.15) is 4.91 Å². The molecule has 0 atom stereocenters. The second kappa shape index (κ2) is 11.9. The van der Waals surface area contributed by atoms with E-state index < -0.39 is 0 Å². The maximum Gasteiger partial charge on any atom is 0.264 e. The van der Waals surface area contributed by atoms with Gasteiger partial charge in [-0.05, 0) is 61.6 Å². The van der Waals surface area contributed by atoms with Gasteiger partial charge in [-0.2, -0.15) is 0 Å². The van der Waals surface area contributed by atoms with Gasteiger partial charge < -0.3 is 10.2 Å². The first-order valence-electron chi connectivity index (χ1n) is 12.9. The Hall–Kier alpha value is -1.75. The topological polar surface area (TPSA) is 44.7 Å². The lowest BCUT2D eigenvalue weighted by Crippen LogP contribution is -2.34. The highest BCUT2D eigenvalue weighted by molar-refractivity contribution is 8.18. The minimum Gasteiger partial charge on any atom is -0.323 e. The quantitative estimate of drug-likeness (QED) is 0.342. The molecule has 1 saturated carbocycles. The number of nitrogens with one attached hydrogen (secondary N) is 1. The number of amidine groups is 1. The average Bonchev–Trinajstić information content (AvgIpc) is 3.15. The van der Waals surface area contributed by atoms with Crippen LogP contribution in [0.1, 0.15) is 89.5 Å². The minimum atomic E-state index is 0.0322. The Balaban J connectivity index is 1.26. The molecular weight excluding hydrogens is 414 g/mol. The van der Waals surface area contributed by atoms with Crippen molar-refractivity contribution in [3.05, 3.63) is 40.4 Å². The lowest BCUT2D eigenvalue weighted by molar-refractivity contribution is -0.112. The van der Waals surface area contributed by atoms with Crippen molar-refractivity contribution in [3.63, 3.8) is 0 Å². The van der Waals surface area contributed by atoms with Crippen LogP contribution in [0.4, 0.5) is 5.69 Å². The van der Waals surface area contributed by atoms with E-state index in [-0.39, 0.29) is 5.91 Å². The molecule has 1 fully saturated rings. The van der Waals surface area contributed by atoms with Crippen molar-refractivity contribution in [2.75, 3.05) is 18.4 Å². The zero-order chi connectivity index (χ0) is 22.2. The molecule has 4 rings (SSSR count). The van der Waals surface area contributed by atoms with E-state index in [2.05, 4.69) is 46.4 Å². The summed E-state index contributed by atoms with van der Waals surface area (Å²) in [5.41, 5.74) is 3.50. The molecule has 0 unspecified atom stereocenters. The summed E-state index contributed by atoms with van der Waals surface area (Å²) in [4.78, 5) is 21.0. The van der Waals surface area contributed by atoms with Crippen LogP contribution in [-0.4, -0.2) is 29.1 Å². The Morgan fingerprint density at radius 3 is 2.44 bits per heavy atom. The van der Waals surface area contributed by atoms with Gasteiger partial charge in [0.2, 0.25) is 0 Å². The zero-order valence-corrected chi connectivity index (χ0v) is 20.5. The number of aliphatic imine (C=N–C) groups is 1. The van der Waals surface area contributed by atoms with Gasteiger partial charge in [0, 0.05) is 30.4 Å². The molecule has 4 nitrogen and oxygen atoms in total. The number of allylic oxidation sites excluding steroid dienone is 1. The van der Waals surface area contributed by atoms with Gasteiger partial charge in [-0.15, -0.1) is 0 Å². The Morgan fingerprint density at radius 2 is 1.75 bits per heavy atom. The number of fused-ring (bicyclic) bond motifs is 1. The van der Waals surface area contributed by atoms with E-state index in [0.717, 1.165) is 41.7 Å². The van der Waals surface area contributed by atoms with Crippen molar-refractivity contribution in [2.45, 2.75) is 90.4 Å². The maximum atomic E-state index is 13.2. The average molecular weight is 454 g/mol. The molecule has 0 saturated heterocycles.